The van der Waals surface area contributed by atoms with Gasteiger partial charge in [-0.3, -0.25) is 4.79 Å². The molecule has 5 heteroatoms. The van der Waals surface area contributed by atoms with Crippen LogP contribution in [0.15, 0.2) is 66.7 Å². The molecule has 1 aromatic heterocycles. The number of thiophene rings is 1. The van der Waals surface area contributed by atoms with Gasteiger partial charge < -0.3 is 10.1 Å². The van der Waals surface area contributed by atoms with Gasteiger partial charge in [0, 0.05) is 24.1 Å². The van der Waals surface area contributed by atoms with Crippen molar-refractivity contribution in [1.29, 1.82) is 0 Å². The van der Waals surface area contributed by atoms with Crippen LogP contribution in [0.25, 0.3) is 10.4 Å². The summed E-state index contributed by atoms with van der Waals surface area (Å²) in [5.74, 6) is -0.481. The monoisotopic (exact) mass is 355 g/mol. The first kappa shape index (κ1) is 17.3. The molecule has 0 spiro atoms. The number of nitrogens with one attached hydrogen (secondary N) is 1. The van der Waals surface area contributed by atoms with Crippen LogP contribution >= 0.6 is 11.3 Å². The van der Waals surface area contributed by atoms with Crippen LogP contribution in [0.3, 0.4) is 0 Å². The molecule has 128 valence electrons. The topological polar surface area (TPSA) is 38.3 Å². The summed E-state index contributed by atoms with van der Waals surface area (Å²) in [5.41, 5.74) is 1.51. The van der Waals surface area contributed by atoms with Crippen LogP contribution in [0.2, 0.25) is 0 Å². The van der Waals surface area contributed by atoms with Crippen LogP contribution in [0.1, 0.15) is 21.3 Å². The molecule has 0 saturated heterocycles. The molecule has 0 aliphatic rings. The first-order chi connectivity index (χ1) is 12.2. The highest BCUT2D eigenvalue weighted by Crippen LogP contribution is 2.30. The third-order valence-corrected chi connectivity index (χ3v) is 4.99. The van der Waals surface area contributed by atoms with Crippen LogP contribution < -0.4 is 5.32 Å². The molecule has 0 fully saturated rings. The van der Waals surface area contributed by atoms with Crippen molar-refractivity contribution in [3.63, 3.8) is 0 Å². The Hall–Kier alpha value is -2.50. The quantitative estimate of drug-likeness (QED) is 0.698. The number of halogens is 1. The fourth-order valence-electron chi connectivity index (χ4n) is 2.54. The minimum absolute atomic E-state index is 0.189. The van der Waals surface area contributed by atoms with E-state index in [0.29, 0.717) is 17.0 Å². The minimum Gasteiger partial charge on any atom is -0.375 e. The smallest absolute Gasteiger partial charge is 0.261 e. The standard InChI is InChI=1S/C20H18FNO2S/c1-24-17(14-7-3-2-4-8-14)13-22-20(23)19-12-11-18(25-19)15-9-5-6-10-16(15)21/h2-12,17H,13H2,1H3,(H,22,23). The molecule has 1 unspecified atom stereocenters. The number of benzene rings is 2. The van der Waals surface area contributed by atoms with Gasteiger partial charge in [0.25, 0.3) is 5.91 Å². The van der Waals surface area contributed by atoms with E-state index < -0.39 is 0 Å². The van der Waals surface area contributed by atoms with Crippen molar-refractivity contribution in [1.82, 2.24) is 5.32 Å². The Labute approximate surface area is 150 Å². The number of hydrogen-bond acceptors (Lipinski definition) is 3. The van der Waals surface area contributed by atoms with E-state index in [1.54, 1.807) is 37.4 Å². The maximum Gasteiger partial charge on any atom is 0.261 e. The van der Waals surface area contributed by atoms with E-state index in [9.17, 15) is 9.18 Å². The van der Waals surface area contributed by atoms with Crippen LogP contribution in [-0.4, -0.2) is 19.6 Å². The highest BCUT2D eigenvalue weighted by atomic mass is 32.1. The summed E-state index contributed by atoms with van der Waals surface area (Å²) < 4.78 is 19.3. The molecule has 1 heterocycles. The van der Waals surface area contributed by atoms with E-state index in [2.05, 4.69) is 5.32 Å². The summed E-state index contributed by atoms with van der Waals surface area (Å²) >= 11 is 1.27. The number of carbonyl (C=O) groups excluding carboxylic acids is 1. The largest absolute Gasteiger partial charge is 0.375 e. The Morgan fingerprint density at radius 1 is 1.08 bits per heavy atom. The lowest BCUT2D eigenvalue weighted by atomic mass is 10.1. The average Bonchev–Trinajstić information content (AvgIpc) is 3.13. The fraction of sp³-hybridized carbons (Fsp3) is 0.150. The average molecular weight is 355 g/mol. The van der Waals surface area contributed by atoms with Gasteiger partial charge in [-0.05, 0) is 23.8 Å². The van der Waals surface area contributed by atoms with E-state index in [1.165, 1.54) is 17.4 Å². The van der Waals surface area contributed by atoms with E-state index in [0.717, 1.165) is 10.4 Å². The molecule has 1 atom stereocenters. The van der Waals surface area contributed by atoms with Gasteiger partial charge in [0.05, 0.1) is 11.0 Å². The maximum atomic E-state index is 13.9. The lowest BCUT2D eigenvalue weighted by Gasteiger charge is -2.16. The maximum absolute atomic E-state index is 13.9. The molecule has 3 rings (SSSR count). The zero-order chi connectivity index (χ0) is 17.6. The van der Waals surface area contributed by atoms with Crippen LogP contribution in [0, 0.1) is 5.82 Å². The third kappa shape index (κ3) is 4.13. The molecule has 3 nitrogen and oxygen atoms in total. The van der Waals surface area contributed by atoms with E-state index in [-0.39, 0.29) is 17.8 Å². The van der Waals surface area contributed by atoms with Crippen LogP contribution in [0.4, 0.5) is 4.39 Å². The van der Waals surface area contributed by atoms with Gasteiger partial charge in [-0.2, -0.15) is 0 Å². The number of carbonyl (C=O) groups is 1. The summed E-state index contributed by atoms with van der Waals surface area (Å²) in [5, 5.41) is 2.88. The molecular formula is C20H18FNO2S. The number of hydrogen-bond donors (Lipinski definition) is 1. The molecule has 0 radical (unpaired) electrons. The molecule has 2 aromatic carbocycles. The van der Waals surface area contributed by atoms with Gasteiger partial charge in [0.2, 0.25) is 0 Å². The molecule has 3 aromatic rings. The molecule has 0 aliphatic heterocycles. The third-order valence-electron chi connectivity index (χ3n) is 3.87. The number of rotatable bonds is 6. The van der Waals surface area contributed by atoms with Gasteiger partial charge in [0.15, 0.2) is 0 Å². The van der Waals surface area contributed by atoms with E-state index in [1.807, 2.05) is 30.3 Å². The van der Waals surface area contributed by atoms with Gasteiger partial charge >= 0.3 is 0 Å². The second-order valence-electron chi connectivity index (χ2n) is 5.49. The van der Waals surface area contributed by atoms with Crippen molar-refractivity contribution < 1.29 is 13.9 Å². The number of methoxy groups -OCH3 is 1. The summed E-state index contributed by atoms with van der Waals surface area (Å²) in [7, 11) is 1.62. The second kappa shape index (κ2) is 8.05. The first-order valence-corrected chi connectivity index (χ1v) is 8.71. The lowest BCUT2D eigenvalue weighted by Crippen LogP contribution is -2.28. The summed E-state index contributed by atoms with van der Waals surface area (Å²) in [4.78, 5) is 13.6. The lowest BCUT2D eigenvalue weighted by molar-refractivity contribution is 0.0831. The van der Waals surface area contributed by atoms with Crippen molar-refractivity contribution in [2.45, 2.75) is 6.10 Å². The van der Waals surface area contributed by atoms with Gasteiger partial charge in [-0.1, -0.05) is 48.5 Å². The van der Waals surface area contributed by atoms with Crippen molar-refractivity contribution in [2.24, 2.45) is 0 Å². The zero-order valence-corrected chi connectivity index (χ0v) is 14.6. The predicted octanol–water partition coefficient (Wildman–Crippen LogP) is 4.67. The summed E-state index contributed by atoms with van der Waals surface area (Å²) in [6.45, 7) is 0.367. The molecular weight excluding hydrogens is 337 g/mol. The number of ether oxygens (including phenoxy) is 1. The van der Waals surface area contributed by atoms with Gasteiger partial charge in [-0.25, -0.2) is 4.39 Å². The summed E-state index contributed by atoms with van der Waals surface area (Å²) in [6.07, 6.45) is -0.212. The molecule has 25 heavy (non-hydrogen) atoms. The Morgan fingerprint density at radius 3 is 2.52 bits per heavy atom. The highest BCUT2D eigenvalue weighted by molar-refractivity contribution is 7.17. The fourth-order valence-corrected chi connectivity index (χ4v) is 3.49. The molecule has 1 N–H and O–H groups in total. The van der Waals surface area contributed by atoms with Gasteiger partial charge in [-0.15, -0.1) is 11.3 Å². The van der Waals surface area contributed by atoms with Crippen molar-refractivity contribution >= 4 is 17.2 Å². The van der Waals surface area contributed by atoms with Crippen LogP contribution in [0.5, 0.6) is 0 Å². The number of amides is 1. The van der Waals surface area contributed by atoms with Crippen molar-refractivity contribution in [2.75, 3.05) is 13.7 Å². The van der Waals surface area contributed by atoms with Crippen LogP contribution in [-0.2, 0) is 4.74 Å². The van der Waals surface area contributed by atoms with E-state index >= 15 is 0 Å². The second-order valence-corrected chi connectivity index (χ2v) is 6.57. The zero-order valence-electron chi connectivity index (χ0n) is 13.7. The normalized spacial score (nSPS) is 11.9. The molecule has 1 amide bonds. The highest BCUT2D eigenvalue weighted by Gasteiger charge is 2.15. The van der Waals surface area contributed by atoms with Crippen molar-refractivity contribution in [3.05, 3.63) is 83.0 Å². The Balaban J connectivity index is 1.67. The van der Waals surface area contributed by atoms with E-state index in [4.69, 9.17) is 4.74 Å². The first-order valence-electron chi connectivity index (χ1n) is 7.89. The molecule has 0 saturated carbocycles. The predicted molar refractivity (Wildman–Crippen MR) is 98.2 cm³/mol. The Bertz CT molecular complexity index is 848. The summed E-state index contributed by atoms with van der Waals surface area (Å²) in [6, 6.07) is 19.8. The minimum atomic E-state index is -0.292. The van der Waals surface area contributed by atoms with Gasteiger partial charge in [0.1, 0.15) is 5.82 Å². The Morgan fingerprint density at radius 2 is 1.80 bits per heavy atom. The SMILES string of the molecule is COC(CNC(=O)c1ccc(-c2ccccc2F)s1)c1ccccc1. The molecule has 0 bridgehead atoms. The Kier molecular flexibility index (Phi) is 5.58. The van der Waals surface area contributed by atoms with Crippen molar-refractivity contribution in [3.8, 4) is 10.4 Å². The molecule has 0 aliphatic carbocycles.